The van der Waals surface area contributed by atoms with E-state index in [1.165, 1.54) is 10.9 Å². The summed E-state index contributed by atoms with van der Waals surface area (Å²) < 4.78 is 5.41. The second-order valence-corrected chi connectivity index (χ2v) is 4.26. The molecule has 3 N–H and O–H groups in total. The lowest BCUT2D eigenvalue weighted by Gasteiger charge is -2.16. The van der Waals surface area contributed by atoms with Crippen molar-refractivity contribution in [1.29, 1.82) is 0 Å². The Balaban J connectivity index is 2.38. The number of pyridine rings is 1. The molecule has 0 aliphatic heterocycles. The van der Waals surface area contributed by atoms with Gasteiger partial charge in [0.25, 0.3) is 0 Å². The molecule has 1 aromatic heterocycles. The van der Waals surface area contributed by atoms with Crippen LogP contribution in [0.15, 0.2) is 30.3 Å². The van der Waals surface area contributed by atoms with E-state index in [0.717, 1.165) is 11.2 Å². The van der Waals surface area contributed by atoms with Crippen LogP contribution < -0.4 is 11.3 Å². The van der Waals surface area contributed by atoms with Crippen molar-refractivity contribution in [3.8, 4) is 0 Å². The van der Waals surface area contributed by atoms with E-state index in [4.69, 9.17) is 10.6 Å². The zero-order valence-electron chi connectivity index (χ0n) is 10.8. The van der Waals surface area contributed by atoms with Crippen LogP contribution in [-0.2, 0) is 4.74 Å². The van der Waals surface area contributed by atoms with Crippen LogP contribution in [0.2, 0.25) is 0 Å². The van der Waals surface area contributed by atoms with Gasteiger partial charge in [-0.3, -0.25) is 10.8 Å². The zero-order valence-corrected chi connectivity index (χ0v) is 10.8. The number of aryl methyl sites for hydroxylation is 1. The molecule has 0 saturated carbocycles. The van der Waals surface area contributed by atoms with E-state index in [-0.39, 0.29) is 6.04 Å². The number of aromatic nitrogens is 1. The number of nitrogens with one attached hydrogen (secondary N) is 1. The van der Waals surface area contributed by atoms with Crippen LogP contribution in [0.25, 0.3) is 10.9 Å². The molecule has 1 heterocycles. The quantitative estimate of drug-likeness (QED) is 0.625. The first kappa shape index (κ1) is 13.0. The van der Waals surface area contributed by atoms with Gasteiger partial charge in [0.1, 0.15) is 0 Å². The topological polar surface area (TPSA) is 60.2 Å². The van der Waals surface area contributed by atoms with Crippen LogP contribution in [0.4, 0.5) is 0 Å². The molecule has 1 unspecified atom stereocenters. The fraction of sp³-hybridized carbons (Fsp3) is 0.357. The lowest BCUT2D eigenvalue weighted by Crippen LogP contribution is -2.32. The van der Waals surface area contributed by atoms with Gasteiger partial charge >= 0.3 is 0 Å². The average Bonchev–Trinajstić information content (AvgIpc) is 2.40. The van der Waals surface area contributed by atoms with Crippen LogP contribution in [0.1, 0.15) is 24.2 Å². The predicted molar refractivity (Wildman–Crippen MR) is 73.0 cm³/mol. The lowest BCUT2D eigenvalue weighted by molar-refractivity contribution is 0.122. The minimum absolute atomic E-state index is 0.0757. The van der Waals surface area contributed by atoms with E-state index in [1.807, 2.05) is 25.1 Å². The summed E-state index contributed by atoms with van der Waals surface area (Å²) in [5, 5.41) is 1.17. The van der Waals surface area contributed by atoms with Crippen molar-refractivity contribution in [3.63, 3.8) is 0 Å². The van der Waals surface area contributed by atoms with Gasteiger partial charge < -0.3 is 4.74 Å². The Labute approximate surface area is 107 Å². The Morgan fingerprint density at radius 1 is 1.39 bits per heavy atom. The highest BCUT2D eigenvalue weighted by atomic mass is 16.5. The average molecular weight is 245 g/mol. The van der Waals surface area contributed by atoms with Crippen LogP contribution >= 0.6 is 0 Å². The molecule has 2 aromatic rings. The zero-order chi connectivity index (χ0) is 13.0. The Bertz CT molecular complexity index is 527. The monoisotopic (exact) mass is 245 g/mol. The molecule has 0 fully saturated rings. The highest BCUT2D eigenvalue weighted by Crippen LogP contribution is 2.20. The Hall–Kier alpha value is -1.49. The minimum Gasteiger partial charge on any atom is -0.380 e. The highest BCUT2D eigenvalue weighted by Gasteiger charge is 2.13. The summed E-state index contributed by atoms with van der Waals surface area (Å²) in [6.45, 7) is 5.25. The Morgan fingerprint density at radius 3 is 2.89 bits per heavy atom. The van der Waals surface area contributed by atoms with E-state index in [1.54, 1.807) is 0 Å². The van der Waals surface area contributed by atoms with Gasteiger partial charge in [-0.2, -0.15) is 0 Å². The van der Waals surface area contributed by atoms with Gasteiger partial charge in [-0.15, -0.1) is 0 Å². The molecule has 0 radical (unpaired) electrons. The second-order valence-electron chi connectivity index (χ2n) is 4.26. The molecule has 96 valence electrons. The van der Waals surface area contributed by atoms with E-state index in [2.05, 4.69) is 29.5 Å². The first-order valence-electron chi connectivity index (χ1n) is 6.16. The molecular weight excluding hydrogens is 226 g/mol. The third kappa shape index (κ3) is 2.67. The number of benzene rings is 1. The molecule has 0 aliphatic carbocycles. The molecule has 0 saturated heterocycles. The number of rotatable bonds is 5. The van der Waals surface area contributed by atoms with Crippen molar-refractivity contribution in [1.82, 2.24) is 10.4 Å². The normalized spacial score (nSPS) is 12.8. The van der Waals surface area contributed by atoms with Crippen molar-refractivity contribution in [2.24, 2.45) is 5.84 Å². The smallest absolute Gasteiger partial charge is 0.0865 e. The third-order valence-electron chi connectivity index (χ3n) is 2.99. The molecule has 2 rings (SSSR count). The second kappa shape index (κ2) is 5.91. The molecule has 0 spiro atoms. The summed E-state index contributed by atoms with van der Waals surface area (Å²) in [4.78, 5) is 4.64. The van der Waals surface area contributed by atoms with Crippen molar-refractivity contribution in [2.45, 2.75) is 19.9 Å². The van der Waals surface area contributed by atoms with Crippen molar-refractivity contribution in [3.05, 3.63) is 41.6 Å². The summed E-state index contributed by atoms with van der Waals surface area (Å²) in [7, 11) is 0. The van der Waals surface area contributed by atoms with Crippen LogP contribution in [0.5, 0.6) is 0 Å². The number of hydrazine groups is 1. The first-order valence-corrected chi connectivity index (χ1v) is 6.16. The van der Waals surface area contributed by atoms with Crippen molar-refractivity contribution < 1.29 is 4.74 Å². The Kier molecular flexibility index (Phi) is 4.25. The number of ether oxygens (including phenoxy) is 1. The number of hydrogen-bond acceptors (Lipinski definition) is 4. The summed E-state index contributed by atoms with van der Waals surface area (Å²) in [5.74, 6) is 5.57. The maximum atomic E-state index is 5.57. The summed E-state index contributed by atoms with van der Waals surface area (Å²) in [6, 6.07) is 10.1. The van der Waals surface area contributed by atoms with Crippen molar-refractivity contribution in [2.75, 3.05) is 13.2 Å². The number of para-hydroxylation sites is 1. The number of nitrogens with two attached hydrogens (primary N) is 1. The summed E-state index contributed by atoms with van der Waals surface area (Å²) in [6.07, 6.45) is 0. The maximum absolute atomic E-state index is 5.57. The number of fused-ring (bicyclic) bond motifs is 1. The number of hydrogen-bond donors (Lipinski definition) is 2. The van der Waals surface area contributed by atoms with E-state index in [0.29, 0.717) is 13.2 Å². The van der Waals surface area contributed by atoms with Gasteiger partial charge in [0, 0.05) is 12.0 Å². The van der Waals surface area contributed by atoms with Gasteiger partial charge in [0.15, 0.2) is 0 Å². The van der Waals surface area contributed by atoms with Gasteiger partial charge in [-0.05, 0) is 31.5 Å². The lowest BCUT2D eigenvalue weighted by atomic mass is 10.1. The molecular formula is C14H19N3O. The molecule has 0 bridgehead atoms. The fourth-order valence-corrected chi connectivity index (χ4v) is 2.01. The molecule has 0 amide bonds. The van der Waals surface area contributed by atoms with Gasteiger partial charge in [0.05, 0.1) is 23.9 Å². The molecule has 0 aliphatic rings. The maximum Gasteiger partial charge on any atom is 0.0865 e. The van der Waals surface area contributed by atoms with Crippen LogP contribution in [0.3, 0.4) is 0 Å². The largest absolute Gasteiger partial charge is 0.380 e. The fourth-order valence-electron chi connectivity index (χ4n) is 2.01. The molecule has 1 aromatic carbocycles. The van der Waals surface area contributed by atoms with E-state index >= 15 is 0 Å². The SMILES string of the molecule is CCOCC(NN)c1cc(C)c2ccccc2n1. The summed E-state index contributed by atoms with van der Waals surface area (Å²) in [5.41, 5.74) is 5.87. The van der Waals surface area contributed by atoms with Crippen LogP contribution in [0, 0.1) is 6.92 Å². The molecule has 4 heteroatoms. The van der Waals surface area contributed by atoms with E-state index in [9.17, 15) is 0 Å². The van der Waals surface area contributed by atoms with Crippen LogP contribution in [-0.4, -0.2) is 18.2 Å². The van der Waals surface area contributed by atoms with Gasteiger partial charge in [-0.25, -0.2) is 5.43 Å². The third-order valence-corrected chi connectivity index (χ3v) is 2.99. The first-order chi connectivity index (χ1) is 8.76. The highest BCUT2D eigenvalue weighted by molar-refractivity contribution is 5.82. The number of nitrogens with zero attached hydrogens (tertiary/aromatic N) is 1. The molecule has 4 nitrogen and oxygen atoms in total. The predicted octanol–water partition coefficient (Wildman–Crippen LogP) is 2.08. The molecule has 18 heavy (non-hydrogen) atoms. The molecule has 1 atom stereocenters. The van der Waals surface area contributed by atoms with Gasteiger partial charge in [0.2, 0.25) is 0 Å². The minimum atomic E-state index is -0.0757. The summed E-state index contributed by atoms with van der Waals surface area (Å²) >= 11 is 0. The standard InChI is InChI=1S/C14H19N3O/c1-3-18-9-14(17-15)13-8-10(2)11-6-4-5-7-12(11)16-13/h4-8,14,17H,3,9,15H2,1-2H3. The van der Waals surface area contributed by atoms with Crippen molar-refractivity contribution >= 4 is 10.9 Å². The van der Waals surface area contributed by atoms with E-state index < -0.39 is 0 Å². The Morgan fingerprint density at radius 2 is 2.17 bits per heavy atom. The van der Waals surface area contributed by atoms with Gasteiger partial charge in [-0.1, -0.05) is 18.2 Å².